The Balaban J connectivity index is 1.34. The van der Waals surface area contributed by atoms with E-state index in [-0.39, 0.29) is 18.2 Å². The Labute approximate surface area is 177 Å². The van der Waals surface area contributed by atoms with E-state index in [0.717, 1.165) is 79.6 Å². The SMILES string of the molecule is CCC(C)(C)C1C2CC(C3C4CC(CC4C(=O)OC4CCCCO4)C23)C1C(C)C. The van der Waals surface area contributed by atoms with Crippen molar-refractivity contribution >= 4 is 5.97 Å². The zero-order chi connectivity index (χ0) is 20.5. The molecule has 0 aromatic heterocycles. The van der Waals surface area contributed by atoms with Crippen molar-refractivity contribution in [2.75, 3.05) is 6.61 Å². The van der Waals surface area contributed by atoms with Gasteiger partial charge < -0.3 is 9.47 Å². The van der Waals surface area contributed by atoms with E-state index in [1.54, 1.807) is 0 Å². The predicted molar refractivity (Wildman–Crippen MR) is 114 cm³/mol. The lowest BCUT2D eigenvalue weighted by Crippen LogP contribution is -2.47. The van der Waals surface area contributed by atoms with Crippen molar-refractivity contribution < 1.29 is 14.3 Å². The summed E-state index contributed by atoms with van der Waals surface area (Å²) in [6.45, 7) is 13.1. The Morgan fingerprint density at radius 2 is 1.86 bits per heavy atom. The van der Waals surface area contributed by atoms with Crippen LogP contribution in [0.25, 0.3) is 0 Å². The van der Waals surface area contributed by atoms with Gasteiger partial charge in [-0.25, -0.2) is 0 Å². The lowest BCUT2D eigenvalue weighted by atomic mass is 9.54. The van der Waals surface area contributed by atoms with Gasteiger partial charge in [-0.3, -0.25) is 4.79 Å². The van der Waals surface area contributed by atoms with Crippen LogP contribution >= 0.6 is 0 Å². The lowest BCUT2D eigenvalue weighted by molar-refractivity contribution is -0.194. The van der Waals surface area contributed by atoms with Crippen LogP contribution in [0.3, 0.4) is 0 Å². The van der Waals surface area contributed by atoms with Gasteiger partial charge in [-0.05, 0) is 90.8 Å². The van der Waals surface area contributed by atoms with Crippen LogP contribution in [-0.2, 0) is 14.3 Å². The van der Waals surface area contributed by atoms with Crippen molar-refractivity contribution in [1.29, 1.82) is 0 Å². The summed E-state index contributed by atoms with van der Waals surface area (Å²) >= 11 is 0. The molecule has 29 heavy (non-hydrogen) atoms. The molecule has 0 aromatic carbocycles. The van der Waals surface area contributed by atoms with Gasteiger partial charge in [0.1, 0.15) is 0 Å². The molecular weight excluding hydrogens is 360 g/mol. The Morgan fingerprint density at radius 3 is 2.52 bits per heavy atom. The van der Waals surface area contributed by atoms with Crippen molar-refractivity contribution in [3.05, 3.63) is 0 Å². The highest BCUT2D eigenvalue weighted by atomic mass is 16.7. The van der Waals surface area contributed by atoms with Crippen LogP contribution in [0, 0.1) is 64.6 Å². The number of carbonyl (C=O) groups excluding carboxylic acids is 1. The van der Waals surface area contributed by atoms with Gasteiger partial charge in [0.2, 0.25) is 6.29 Å². The maximum Gasteiger partial charge on any atom is 0.311 e. The summed E-state index contributed by atoms with van der Waals surface area (Å²) in [6, 6.07) is 0. The van der Waals surface area contributed by atoms with E-state index in [9.17, 15) is 4.79 Å². The van der Waals surface area contributed by atoms with E-state index in [0.29, 0.717) is 11.3 Å². The van der Waals surface area contributed by atoms with Gasteiger partial charge in [0.25, 0.3) is 0 Å². The van der Waals surface area contributed by atoms with Crippen LogP contribution in [0.5, 0.6) is 0 Å². The molecule has 10 unspecified atom stereocenters. The first kappa shape index (κ1) is 20.3. The molecule has 5 fully saturated rings. The Bertz CT molecular complexity index is 634. The molecule has 0 amide bonds. The molecule has 0 N–H and O–H groups in total. The fourth-order valence-corrected chi connectivity index (χ4v) is 9.21. The van der Waals surface area contributed by atoms with Gasteiger partial charge in [0, 0.05) is 6.42 Å². The highest BCUT2D eigenvalue weighted by molar-refractivity contribution is 5.73. The number of rotatable bonds is 5. The maximum atomic E-state index is 13.1. The fourth-order valence-electron chi connectivity index (χ4n) is 9.21. The summed E-state index contributed by atoms with van der Waals surface area (Å²) in [5, 5.41) is 0. The minimum Gasteiger partial charge on any atom is -0.436 e. The highest BCUT2D eigenvalue weighted by Crippen LogP contribution is 2.74. The molecular formula is C26H42O3. The zero-order valence-corrected chi connectivity index (χ0v) is 19.2. The number of hydrogen-bond donors (Lipinski definition) is 0. The Hall–Kier alpha value is -0.570. The summed E-state index contributed by atoms with van der Waals surface area (Å²) in [4.78, 5) is 13.1. The first-order valence-electron chi connectivity index (χ1n) is 12.7. The van der Waals surface area contributed by atoms with E-state index in [1.165, 1.54) is 19.3 Å². The number of esters is 1. The summed E-state index contributed by atoms with van der Waals surface area (Å²) in [5.74, 6) is 7.48. The van der Waals surface area contributed by atoms with Crippen molar-refractivity contribution in [3.8, 4) is 0 Å². The molecule has 1 heterocycles. The summed E-state index contributed by atoms with van der Waals surface area (Å²) in [6.07, 6.45) is 7.92. The molecule has 1 aliphatic heterocycles. The molecule has 5 rings (SSSR count). The lowest BCUT2D eigenvalue weighted by Gasteiger charge is -2.51. The van der Waals surface area contributed by atoms with Gasteiger partial charge in [0.05, 0.1) is 12.5 Å². The average molecular weight is 403 g/mol. The molecule has 0 radical (unpaired) electrons. The molecule has 4 saturated carbocycles. The maximum absolute atomic E-state index is 13.1. The predicted octanol–water partition coefficient (Wildman–Crippen LogP) is 5.92. The van der Waals surface area contributed by atoms with Crippen LogP contribution in [-0.4, -0.2) is 18.9 Å². The van der Waals surface area contributed by atoms with E-state index < -0.39 is 0 Å². The van der Waals surface area contributed by atoms with Gasteiger partial charge in [-0.1, -0.05) is 41.0 Å². The molecule has 4 bridgehead atoms. The molecule has 4 aliphatic carbocycles. The summed E-state index contributed by atoms with van der Waals surface area (Å²) in [5.41, 5.74) is 0.442. The second kappa shape index (κ2) is 7.24. The van der Waals surface area contributed by atoms with Gasteiger partial charge in [0.15, 0.2) is 0 Å². The molecule has 0 spiro atoms. The number of hydrogen-bond acceptors (Lipinski definition) is 3. The van der Waals surface area contributed by atoms with Crippen LogP contribution in [0.1, 0.15) is 79.6 Å². The molecule has 1 saturated heterocycles. The van der Waals surface area contributed by atoms with Crippen LogP contribution < -0.4 is 0 Å². The second-order valence-electron chi connectivity index (χ2n) is 12.1. The molecule has 5 aliphatic rings. The largest absolute Gasteiger partial charge is 0.436 e. The van der Waals surface area contributed by atoms with E-state index in [4.69, 9.17) is 9.47 Å². The fraction of sp³-hybridized carbons (Fsp3) is 0.962. The molecule has 3 heteroatoms. The third kappa shape index (κ3) is 3.04. The van der Waals surface area contributed by atoms with Crippen molar-refractivity contribution in [2.45, 2.75) is 85.9 Å². The first-order chi connectivity index (χ1) is 13.8. The van der Waals surface area contributed by atoms with Crippen molar-refractivity contribution in [1.82, 2.24) is 0 Å². The average Bonchev–Trinajstić information content (AvgIpc) is 3.45. The molecule has 0 aromatic rings. The zero-order valence-electron chi connectivity index (χ0n) is 19.2. The van der Waals surface area contributed by atoms with Crippen LogP contribution in [0.2, 0.25) is 0 Å². The van der Waals surface area contributed by atoms with E-state index >= 15 is 0 Å². The molecule has 10 atom stereocenters. The Kier molecular flexibility index (Phi) is 5.08. The number of carbonyl (C=O) groups is 1. The third-order valence-corrected chi connectivity index (χ3v) is 10.3. The first-order valence-corrected chi connectivity index (χ1v) is 12.7. The minimum absolute atomic E-state index is 0.0668. The second-order valence-corrected chi connectivity index (χ2v) is 12.1. The van der Waals surface area contributed by atoms with E-state index in [2.05, 4.69) is 34.6 Å². The monoisotopic (exact) mass is 402 g/mol. The summed E-state index contributed by atoms with van der Waals surface area (Å²) < 4.78 is 11.6. The van der Waals surface area contributed by atoms with Crippen LogP contribution in [0.4, 0.5) is 0 Å². The number of fused-ring (bicyclic) bond motifs is 9. The topological polar surface area (TPSA) is 35.5 Å². The standard InChI is InChI=1S/C26H42O3/c1-6-26(4,5)24-19-13-18(21(24)14(2)3)23-16-11-15(22(19)23)12-17(16)25(27)29-20-9-7-8-10-28-20/h14-24H,6-13H2,1-5H3. The summed E-state index contributed by atoms with van der Waals surface area (Å²) in [7, 11) is 0. The normalized spacial score (nSPS) is 48.3. The molecule has 164 valence electrons. The number of ether oxygens (including phenoxy) is 2. The third-order valence-electron chi connectivity index (χ3n) is 10.3. The van der Waals surface area contributed by atoms with Crippen molar-refractivity contribution in [3.63, 3.8) is 0 Å². The van der Waals surface area contributed by atoms with E-state index in [1.807, 2.05) is 0 Å². The minimum atomic E-state index is -0.274. The smallest absolute Gasteiger partial charge is 0.311 e. The van der Waals surface area contributed by atoms with Crippen LogP contribution in [0.15, 0.2) is 0 Å². The quantitative estimate of drug-likeness (QED) is 0.423. The Morgan fingerprint density at radius 1 is 1.07 bits per heavy atom. The highest BCUT2D eigenvalue weighted by Gasteiger charge is 2.69. The van der Waals surface area contributed by atoms with Gasteiger partial charge in [-0.2, -0.15) is 0 Å². The van der Waals surface area contributed by atoms with Gasteiger partial charge in [-0.15, -0.1) is 0 Å². The van der Waals surface area contributed by atoms with Gasteiger partial charge >= 0.3 is 5.97 Å². The molecule has 3 nitrogen and oxygen atoms in total. The van der Waals surface area contributed by atoms with Crippen molar-refractivity contribution in [2.24, 2.45) is 64.6 Å².